The molecule has 1 heteroatoms. The van der Waals surface area contributed by atoms with Crippen LogP contribution in [0, 0.1) is 0 Å². The van der Waals surface area contributed by atoms with Gasteiger partial charge in [-0.1, -0.05) is 60.4 Å². The molecule has 2 aliphatic rings. The van der Waals surface area contributed by atoms with Gasteiger partial charge in [-0.15, -0.1) is 0 Å². The highest BCUT2D eigenvalue weighted by molar-refractivity contribution is 7.99. The van der Waals surface area contributed by atoms with Crippen molar-refractivity contribution >= 4 is 11.8 Å². The Hall–Kier alpha value is -0.690. The third-order valence-corrected chi connectivity index (χ3v) is 6.29. The van der Waals surface area contributed by atoms with Crippen molar-refractivity contribution in [1.82, 2.24) is 0 Å². The topological polar surface area (TPSA) is 0 Å². The van der Waals surface area contributed by atoms with E-state index in [0.717, 1.165) is 0 Å². The van der Waals surface area contributed by atoms with E-state index in [9.17, 15) is 0 Å². The van der Waals surface area contributed by atoms with Crippen LogP contribution >= 0.6 is 11.8 Å². The Morgan fingerprint density at radius 1 is 0.680 bits per heavy atom. The summed E-state index contributed by atoms with van der Waals surface area (Å²) in [7, 11) is 0. The first-order valence-electron chi connectivity index (χ1n) is 10.7. The highest BCUT2D eigenvalue weighted by atomic mass is 32.2. The molecule has 0 aromatic rings. The first-order chi connectivity index (χ1) is 12.4. The zero-order chi connectivity index (χ0) is 17.4. The molecule has 0 bridgehead atoms. The van der Waals surface area contributed by atoms with Crippen LogP contribution in [0.2, 0.25) is 0 Å². The van der Waals surface area contributed by atoms with E-state index in [1.807, 2.05) is 0 Å². The van der Waals surface area contributed by atoms with E-state index in [0.29, 0.717) is 0 Å². The molecule has 0 fully saturated rings. The maximum absolute atomic E-state index is 2.47. The van der Waals surface area contributed by atoms with Gasteiger partial charge in [-0.3, -0.25) is 0 Å². The summed E-state index contributed by atoms with van der Waals surface area (Å²) in [5.74, 6) is 2.73. The summed E-state index contributed by atoms with van der Waals surface area (Å²) in [4.78, 5) is 0. The molecule has 0 amide bonds. The number of rotatable bonds is 12. The largest absolute Gasteiger partial charge is 0.162 e. The van der Waals surface area contributed by atoms with Gasteiger partial charge in [0.2, 0.25) is 0 Å². The summed E-state index contributed by atoms with van der Waals surface area (Å²) in [5, 5.41) is 0. The smallest absolute Gasteiger partial charge is 0.00675 e. The SMILES string of the molecule is C1=CC(=CCCCCCSCCCCCC=C2C=CCCC2)CCC1. The Bertz CT molecular complexity index is 411. The van der Waals surface area contributed by atoms with E-state index < -0.39 is 0 Å². The van der Waals surface area contributed by atoms with E-state index in [2.05, 4.69) is 48.2 Å². The van der Waals surface area contributed by atoms with Gasteiger partial charge in [0.05, 0.1) is 0 Å². The molecule has 0 aromatic heterocycles. The van der Waals surface area contributed by atoms with Gasteiger partial charge in [0.15, 0.2) is 0 Å². The van der Waals surface area contributed by atoms with E-state index >= 15 is 0 Å². The molecule has 0 heterocycles. The molecule has 2 aliphatic carbocycles. The fourth-order valence-electron chi connectivity index (χ4n) is 3.55. The van der Waals surface area contributed by atoms with Gasteiger partial charge in [-0.05, 0) is 88.6 Å². The Morgan fingerprint density at radius 3 is 1.64 bits per heavy atom. The molecule has 2 rings (SSSR count). The van der Waals surface area contributed by atoms with Crippen LogP contribution in [0.4, 0.5) is 0 Å². The Labute approximate surface area is 160 Å². The van der Waals surface area contributed by atoms with Crippen LogP contribution < -0.4 is 0 Å². The van der Waals surface area contributed by atoms with E-state index in [1.54, 1.807) is 11.1 Å². The quantitative estimate of drug-likeness (QED) is 0.317. The minimum Gasteiger partial charge on any atom is -0.162 e. The molecule has 0 radical (unpaired) electrons. The molecule has 0 spiro atoms. The van der Waals surface area contributed by atoms with Crippen LogP contribution in [0.3, 0.4) is 0 Å². The van der Waals surface area contributed by atoms with Gasteiger partial charge >= 0.3 is 0 Å². The predicted octanol–water partition coefficient (Wildman–Crippen LogP) is 8.17. The third kappa shape index (κ3) is 10.8. The van der Waals surface area contributed by atoms with Gasteiger partial charge in [-0.25, -0.2) is 0 Å². The molecule has 0 unspecified atom stereocenters. The number of hydrogen-bond acceptors (Lipinski definition) is 1. The van der Waals surface area contributed by atoms with Crippen molar-refractivity contribution < 1.29 is 0 Å². The molecule has 0 saturated carbocycles. The molecule has 25 heavy (non-hydrogen) atoms. The second kappa shape index (κ2) is 14.5. The van der Waals surface area contributed by atoms with Crippen LogP contribution in [0.15, 0.2) is 47.6 Å². The van der Waals surface area contributed by atoms with Crippen molar-refractivity contribution in [1.29, 1.82) is 0 Å². The van der Waals surface area contributed by atoms with Crippen molar-refractivity contribution in [3.8, 4) is 0 Å². The Balaban J connectivity index is 1.32. The minimum atomic E-state index is 1.28. The van der Waals surface area contributed by atoms with Crippen molar-refractivity contribution in [3.05, 3.63) is 47.6 Å². The normalized spacial score (nSPS) is 20.6. The molecule has 0 N–H and O–H groups in total. The highest BCUT2D eigenvalue weighted by Gasteiger charge is 1.99. The minimum absolute atomic E-state index is 1.28. The summed E-state index contributed by atoms with van der Waals surface area (Å²) >= 11 is 2.17. The maximum Gasteiger partial charge on any atom is -0.00675 e. The van der Waals surface area contributed by atoms with Crippen molar-refractivity contribution in [3.63, 3.8) is 0 Å². The van der Waals surface area contributed by atoms with Crippen molar-refractivity contribution in [2.45, 2.75) is 89.9 Å². The second-order valence-electron chi connectivity index (χ2n) is 7.46. The fourth-order valence-corrected chi connectivity index (χ4v) is 4.57. The predicted molar refractivity (Wildman–Crippen MR) is 116 cm³/mol. The molecule has 0 aliphatic heterocycles. The summed E-state index contributed by atoms with van der Waals surface area (Å²) in [6, 6.07) is 0. The summed E-state index contributed by atoms with van der Waals surface area (Å²) < 4.78 is 0. The van der Waals surface area contributed by atoms with Crippen molar-refractivity contribution in [2.75, 3.05) is 11.5 Å². The van der Waals surface area contributed by atoms with Gasteiger partial charge in [-0.2, -0.15) is 11.8 Å². The Kier molecular flexibility index (Phi) is 11.9. The standard InChI is InChI=1S/C24H38S/c1(7-15-23-17-9-5-10-18-23)3-13-21-25-22-14-4-2-8-16-24-19-11-6-12-20-24/h9,11,15-17,19H,1-8,10,12-14,18,20-22H2. The monoisotopic (exact) mass is 358 g/mol. The summed E-state index contributed by atoms with van der Waals surface area (Å²) in [6.07, 6.45) is 33.1. The van der Waals surface area contributed by atoms with E-state index in [1.165, 1.54) is 101 Å². The van der Waals surface area contributed by atoms with Crippen LogP contribution in [0.1, 0.15) is 89.9 Å². The van der Waals surface area contributed by atoms with Crippen LogP contribution in [-0.2, 0) is 0 Å². The lowest BCUT2D eigenvalue weighted by Gasteiger charge is -2.07. The van der Waals surface area contributed by atoms with Crippen LogP contribution in [0.25, 0.3) is 0 Å². The fraction of sp³-hybridized carbons (Fsp3) is 0.667. The Morgan fingerprint density at radius 2 is 1.20 bits per heavy atom. The maximum atomic E-state index is 2.47. The number of hydrogen-bond donors (Lipinski definition) is 0. The number of unbranched alkanes of at least 4 members (excludes halogenated alkanes) is 6. The van der Waals surface area contributed by atoms with Crippen LogP contribution in [-0.4, -0.2) is 11.5 Å². The molecule has 0 nitrogen and oxygen atoms in total. The first-order valence-corrected chi connectivity index (χ1v) is 11.9. The van der Waals surface area contributed by atoms with Crippen molar-refractivity contribution in [2.24, 2.45) is 0 Å². The summed E-state index contributed by atoms with van der Waals surface area (Å²) in [6.45, 7) is 0. The first kappa shape index (κ1) is 20.6. The molecule has 0 aromatic carbocycles. The zero-order valence-corrected chi connectivity index (χ0v) is 17.0. The van der Waals surface area contributed by atoms with Gasteiger partial charge in [0.25, 0.3) is 0 Å². The average Bonchev–Trinajstić information content (AvgIpc) is 2.67. The zero-order valence-electron chi connectivity index (χ0n) is 16.2. The lowest BCUT2D eigenvalue weighted by atomic mass is 10.0. The molecule has 140 valence electrons. The molecule has 0 saturated heterocycles. The number of allylic oxidation sites excluding steroid dienone is 8. The molecular formula is C24H38S. The lowest BCUT2D eigenvalue weighted by Crippen LogP contribution is -1.88. The number of thioether (sulfide) groups is 1. The highest BCUT2D eigenvalue weighted by Crippen LogP contribution is 2.19. The second-order valence-corrected chi connectivity index (χ2v) is 8.68. The molecule has 0 atom stereocenters. The van der Waals surface area contributed by atoms with E-state index in [4.69, 9.17) is 0 Å². The summed E-state index contributed by atoms with van der Waals surface area (Å²) in [5.41, 5.74) is 3.16. The average molecular weight is 359 g/mol. The van der Waals surface area contributed by atoms with Gasteiger partial charge in [0.1, 0.15) is 0 Å². The van der Waals surface area contributed by atoms with Gasteiger partial charge in [0, 0.05) is 0 Å². The van der Waals surface area contributed by atoms with Crippen LogP contribution in [0.5, 0.6) is 0 Å². The third-order valence-electron chi connectivity index (χ3n) is 5.13. The van der Waals surface area contributed by atoms with Gasteiger partial charge < -0.3 is 0 Å². The lowest BCUT2D eigenvalue weighted by molar-refractivity contribution is 0.720. The van der Waals surface area contributed by atoms with E-state index in [-0.39, 0.29) is 0 Å². The molecular weight excluding hydrogens is 320 g/mol.